The van der Waals surface area contributed by atoms with Crippen molar-refractivity contribution in [3.8, 4) is 11.5 Å². The van der Waals surface area contributed by atoms with Crippen molar-refractivity contribution in [3.05, 3.63) is 58.7 Å². The lowest BCUT2D eigenvalue weighted by atomic mass is 10.0. The van der Waals surface area contributed by atoms with E-state index in [9.17, 15) is 4.79 Å². The number of aryl methyl sites for hydroxylation is 2. The minimum absolute atomic E-state index is 0.0499. The van der Waals surface area contributed by atoms with E-state index in [1.807, 2.05) is 44.2 Å². The zero-order valence-electron chi connectivity index (χ0n) is 16.4. The highest BCUT2D eigenvalue weighted by atomic mass is 16.7. The molecule has 6 heteroatoms. The molecular formula is C22H26N2O4. The predicted octanol–water partition coefficient (Wildman–Crippen LogP) is 2.84. The Hall–Kier alpha value is -2.57. The summed E-state index contributed by atoms with van der Waals surface area (Å²) in [7, 11) is 0. The van der Waals surface area contributed by atoms with Gasteiger partial charge in [0.15, 0.2) is 11.5 Å². The highest BCUT2D eigenvalue weighted by Crippen LogP contribution is 2.35. The van der Waals surface area contributed by atoms with Gasteiger partial charge in [-0.2, -0.15) is 0 Å². The van der Waals surface area contributed by atoms with Crippen molar-refractivity contribution in [2.75, 3.05) is 39.6 Å². The summed E-state index contributed by atoms with van der Waals surface area (Å²) >= 11 is 0. The molecule has 0 radical (unpaired) electrons. The average molecular weight is 382 g/mol. The van der Waals surface area contributed by atoms with Crippen molar-refractivity contribution in [1.82, 2.24) is 10.2 Å². The number of nitrogens with one attached hydrogen (secondary N) is 1. The van der Waals surface area contributed by atoms with Gasteiger partial charge >= 0.3 is 0 Å². The number of benzene rings is 2. The van der Waals surface area contributed by atoms with Gasteiger partial charge in [0.2, 0.25) is 6.79 Å². The Labute approximate surface area is 165 Å². The van der Waals surface area contributed by atoms with Gasteiger partial charge in [0.05, 0.1) is 19.3 Å². The Bertz CT molecular complexity index is 862. The fourth-order valence-electron chi connectivity index (χ4n) is 3.64. The molecule has 1 saturated heterocycles. The van der Waals surface area contributed by atoms with Crippen LogP contribution >= 0.6 is 0 Å². The maximum atomic E-state index is 12.7. The van der Waals surface area contributed by atoms with Gasteiger partial charge in [-0.15, -0.1) is 0 Å². The first-order chi connectivity index (χ1) is 13.6. The second kappa shape index (κ2) is 8.20. The third-order valence-electron chi connectivity index (χ3n) is 5.49. The maximum Gasteiger partial charge on any atom is 0.251 e. The summed E-state index contributed by atoms with van der Waals surface area (Å²) in [5.74, 6) is 1.47. The van der Waals surface area contributed by atoms with Gasteiger partial charge in [0.25, 0.3) is 5.91 Å². The third kappa shape index (κ3) is 3.98. The molecule has 0 aliphatic carbocycles. The van der Waals surface area contributed by atoms with E-state index < -0.39 is 0 Å². The molecule has 28 heavy (non-hydrogen) atoms. The van der Waals surface area contributed by atoms with Gasteiger partial charge in [0, 0.05) is 25.2 Å². The van der Waals surface area contributed by atoms with Crippen molar-refractivity contribution in [2.24, 2.45) is 0 Å². The van der Waals surface area contributed by atoms with Crippen LogP contribution in [0, 0.1) is 13.8 Å². The van der Waals surface area contributed by atoms with Crippen LogP contribution in [0.15, 0.2) is 36.4 Å². The van der Waals surface area contributed by atoms with Crippen molar-refractivity contribution < 1.29 is 19.0 Å². The quantitative estimate of drug-likeness (QED) is 0.862. The van der Waals surface area contributed by atoms with Crippen LogP contribution in [0.1, 0.15) is 33.1 Å². The molecular weight excluding hydrogens is 356 g/mol. The second-order valence-electron chi connectivity index (χ2n) is 7.29. The van der Waals surface area contributed by atoms with Crippen LogP contribution in [-0.2, 0) is 4.74 Å². The highest BCUT2D eigenvalue weighted by Gasteiger charge is 2.25. The lowest BCUT2D eigenvalue weighted by Crippen LogP contribution is -2.43. The van der Waals surface area contributed by atoms with Gasteiger partial charge in [-0.25, -0.2) is 0 Å². The molecule has 0 spiro atoms. The van der Waals surface area contributed by atoms with Crippen LogP contribution < -0.4 is 14.8 Å². The molecule has 1 atom stereocenters. The van der Waals surface area contributed by atoms with Crippen molar-refractivity contribution in [1.29, 1.82) is 0 Å². The Morgan fingerprint density at radius 2 is 1.82 bits per heavy atom. The summed E-state index contributed by atoms with van der Waals surface area (Å²) in [6, 6.07) is 11.9. The van der Waals surface area contributed by atoms with E-state index in [0.29, 0.717) is 25.3 Å². The smallest absolute Gasteiger partial charge is 0.251 e. The van der Waals surface area contributed by atoms with E-state index in [-0.39, 0.29) is 18.7 Å². The van der Waals surface area contributed by atoms with Gasteiger partial charge in [-0.1, -0.05) is 12.1 Å². The number of fused-ring (bicyclic) bond motifs is 1. The normalized spacial score (nSPS) is 17.4. The first kappa shape index (κ1) is 18.8. The van der Waals surface area contributed by atoms with E-state index in [1.165, 1.54) is 5.56 Å². The van der Waals surface area contributed by atoms with Crippen molar-refractivity contribution in [2.45, 2.75) is 19.9 Å². The minimum Gasteiger partial charge on any atom is -0.454 e. The zero-order valence-corrected chi connectivity index (χ0v) is 16.4. The summed E-state index contributed by atoms with van der Waals surface area (Å²) in [5.41, 5.74) is 4.09. The number of amides is 1. The summed E-state index contributed by atoms with van der Waals surface area (Å²) in [5, 5.41) is 3.12. The Balaban J connectivity index is 1.52. The van der Waals surface area contributed by atoms with Crippen LogP contribution in [0.5, 0.6) is 11.5 Å². The van der Waals surface area contributed by atoms with Crippen molar-refractivity contribution >= 4 is 5.91 Å². The largest absolute Gasteiger partial charge is 0.454 e. The van der Waals surface area contributed by atoms with Crippen LogP contribution in [0.2, 0.25) is 0 Å². The summed E-state index contributed by atoms with van der Waals surface area (Å²) in [6.07, 6.45) is 0. The Morgan fingerprint density at radius 1 is 1.04 bits per heavy atom. The molecule has 1 amide bonds. The molecule has 2 aliphatic heterocycles. The number of ether oxygens (including phenoxy) is 3. The first-order valence-electron chi connectivity index (χ1n) is 9.68. The average Bonchev–Trinajstić information content (AvgIpc) is 3.19. The van der Waals surface area contributed by atoms with E-state index in [0.717, 1.165) is 35.7 Å². The van der Waals surface area contributed by atoms with Crippen LogP contribution in [-0.4, -0.2) is 50.4 Å². The number of carbonyl (C=O) groups is 1. The number of rotatable bonds is 5. The molecule has 0 aromatic heterocycles. The SMILES string of the molecule is Cc1ccc(C(=O)NC[C@@H](c2ccc3c(c2)OCO3)N2CCOCC2)cc1C. The molecule has 4 rings (SSSR count). The summed E-state index contributed by atoms with van der Waals surface area (Å²) < 4.78 is 16.5. The lowest BCUT2D eigenvalue weighted by Gasteiger charge is -2.35. The molecule has 0 bridgehead atoms. The summed E-state index contributed by atoms with van der Waals surface area (Å²) in [6.45, 7) is 7.91. The summed E-state index contributed by atoms with van der Waals surface area (Å²) in [4.78, 5) is 15.1. The lowest BCUT2D eigenvalue weighted by molar-refractivity contribution is 0.0162. The highest BCUT2D eigenvalue weighted by molar-refractivity contribution is 5.94. The monoisotopic (exact) mass is 382 g/mol. The Kier molecular flexibility index (Phi) is 5.50. The zero-order chi connectivity index (χ0) is 19.5. The van der Waals surface area contributed by atoms with E-state index in [2.05, 4.69) is 16.3 Å². The molecule has 6 nitrogen and oxygen atoms in total. The number of morpholine rings is 1. The molecule has 148 valence electrons. The molecule has 0 saturated carbocycles. The number of hydrogen-bond acceptors (Lipinski definition) is 5. The topological polar surface area (TPSA) is 60.0 Å². The number of carbonyl (C=O) groups excluding carboxylic acids is 1. The minimum atomic E-state index is -0.0536. The van der Waals surface area contributed by atoms with Crippen LogP contribution in [0.3, 0.4) is 0 Å². The molecule has 1 fully saturated rings. The standard InChI is InChI=1S/C22H26N2O4/c1-15-3-4-18(11-16(15)2)22(25)23-13-19(24-7-9-26-10-8-24)17-5-6-20-21(12-17)28-14-27-20/h3-6,11-12,19H,7-10,13-14H2,1-2H3,(H,23,25)/t19-/m0/s1. The fraction of sp³-hybridized carbons (Fsp3) is 0.409. The van der Waals surface area contributed by atoms with Crippen molar-refractivity contribution in [3.63, 3.8) is 0 Å². The predicted molar refractivity (Wildman–Crippen MR) is 106 cm³/mol. The van der Waals surface area contributed by atoms with Gasteiger partial charge in [-0.3, -0.25) is 9.69 Å². The molecule has 2 aromatic rings. The van der Waals surface area contributed by atoms with Crippen LogP contribution in [0.25, 0.3) is 0 Å². The Morgan fingerprint density at radius 3 is 2.61 bits per heavy atom. The van der Waals surface area contributed by atoms with E-state index >= 15 is 0 Å². The molecule has 2 heterocycles. The molecule has 1 N–H and O–H groups in total. The number of hydrogen-bond donors (Lipinski definition) is 1. The van der Waals surface area contributed by atoms with Crippen LogP contribution in [0.4, 0.5) is 0 Å². The molecule has 2 aromatic carbocycles. The fourth-order valence-corrected chi connectivity index (χ4v) is 3.64. The molecule has 0 unspecified atom stereocenters. The second-order valence-corrected chi connectivity index (χ2v) is 7.29. The maximum absolute atomic E-state index is 12.7. The van der Waals surface area contributed by atoms with E-state index in [4.69, 9.17) is 14.2 Å². The number of nitrogens with zero attached hydrogens (tertiary/aromatic N) is 1. The van der Waals surface area contributed by atoms with Gasteiger partial charge < -0.3 is 19.5 Å². The first-order valence-corrected chi connectivity index (χ1v) is 9.68. The van der Waals surface area contributed by atoms with E-state index in [1.54, 1.807) is 0 Å². The molecule has 2 aliphatic rings. The van der Waals surface area contributed by atoms with Gasteiger partial charge in [0.1, 0.15) is 0 Å². The van der Waals surface area contributed by atoms with Gasteiger partial charge in [-0.05, 0) is 54.8 Å². The third-order valence-corrected chi connectivity index (χ3v) is 5.49.